The number of benzene rings is 2. The molecule has 3 aromatic rings. The van der Waals surface area contributed by atoms with Crippen LogP contribution >= 0.6 is 0 Å². The lowest BCUT2D eigenvalue weighted by Gasteiger charge is -2.39. The van der Waals surface area contributed by atoms with Gasteiger partial charge in [-0.15, -0.1) is 0 Å². The number of hydrogen-bond acceptors (Lipinski definition) is 5. The lowest BCUT2D eigenvalue weighted by molar-refractivity contribution is 0.211. The van der Waals surface area contributed by atoms with Crippen molar-refractivity contribution in [2.45, 2.75) is 43.1 Å². The van der Waals surface area contributed by atoms with Crippen molar-refractivity contribution in [3.63, 3.8) is 0 Å². The van der Waals surface area contributed by atoms with Crippen molar-refractivity contribution in [1.82, 2.24) is 15.5 Å². The van der Waals surface area contributed by atoms with Gasteiger partial charge in [0.25, 0.3) is 5.89 Å². The smallest absolute Gasteiger partial charge is 0.257 e. The predicted octanol–water partition coefficient (Wildman–Crippen LogP) is 4.18. The molecule has 5 nitrogen and oxygen atoms in total. The first-order chi connectivity index (χ1) is 13.8. The normalized spacial score (nSPS) is 22.2. The molecule has 0 aliphatic heterocycles. The molecule has 0 amide bonds. The molecule has 2 aliphatic carbocycles. The van der Waals surface area contributed by atoms with Gasteiger partial charge in [0.2, 0.25) is 0 Å². The van der Waals surface area contributed by atoms with E-state index in [2.05, 4.69) is 46.9 Å². The number of nitrogens with one attached hydrogen (secondary N) is 1. The monoisotopic (exact) mass is 370 g/mol. The Labute approximate surface area is 164 Å². The van der Waals surface area contributed by atoms with Crippen LogP contribution in [0.5, 0.6) is 0 Å². The average Bonchev–Trinajstić information content (AvgIpc) is 3.33. The van der Waals surface area contributed by atoms with E-state index in [-0.39, 0.29) is 5.41 Å². The fraction of sp³-hybridized carbons (Fsp3) is 0.348. The van der Waals surface area contributed by atoms with Crippen molar-refractivity contribution in [2.24, 2.45) is 0 Å². The molecule has 5 rings (SSSR count). The minimum atomic E-state index is -0.0293. The zero-order chi connectivity index (χ0) is 19.0. The molecule has 1 heterocycles. The summed E-state index contributed by atoms with van der Waals surface area (Å²) in [4.78, 5) is 4.70. The lowest BCUT2D eigenvalue weighted by atomic mass is 9.68. The maximum absolute atomic E-state index is 9.10. The third kappa shape index (κ3) is 3.10. The first-order valence-corrected chi connectivity index (χ1v) is 9.90. The second-order valence-corrected chi connectivity index (χ2v) is 7.99. The SMILES string of the molecule is N#Cc1cccc(-c2nc(C3(CNC4CC4c4ccccc4)CCC3)no2)c1. The zero-order valence-corrected chi connectivity index (χ0v) is 15.6. The molecule has 0 spiro atoms. The highest BCUT2D eigenvalue weighted by Crippen LogP contribution is 2.45. The summed E-state index contributed by atoms with van der Waals surface area (Å²) in [5.74, 6) is 1.90. The molecule has 2 atom stereocenters. The van der Waals surface area contributed by atoms with E-state index < -0.39 is 0 Å². The third-order valence-electron chi connectivity index (χ3n) is 6.17. The van der Waals surface area contributed by atoms with Crippen LogP contribution in [-0.4, -0.2) is 22.7 Å². The molecule has 5 heteroatoms. The molecule has 2 fully saturated rings. The second-order valence-electron chi connectivity index (χ2n) is 7.99. The summed E-state index contributed by atoms with van der Waals surface area (Å²) >= 11 is 0. The van der Waals surface area contributed by atoms with E-state index in [1.807, 2.05) is 12.1 Å². The summed E-state index contributed by atoms with van der Waals surface area (Å²) < 4.78 is 5.55. The van der Waals surface area contributed by atoms with Gasteiger partial charge in [-0.3, -0.25) is 0 Å². The summed E-state index contributed by atoms with van der Waals surface area (Å²) in [7, 11) is 0. The van der Waals surface area contributed by atoms with Crippen LogP contribution in [0.4, 0.5) is 0 Å². The van der Waals surface area contributed by atoms with Crippen LogP contribution in [0.1, 0.15) is 48.6 Å². The molecular formula is C23H22N4O. The summed E-state index contributed by atoms with van der Waals surface area (Å²) in [6.45, 7) is 0.887. The summed E-state index contributed by atoms with van der Waals surface area (Å²) in [6, 6.07) is 20.7. The predicted molar refractivity (Wildman–Crippen MR) is 106 cm³/mol. The number of aromatic nitrogens is 2. The Kier molecular flexibility index (Phi) is 4.22. The molecule has 0 radical (unpaired) electrons. The van der Waals surface area contributed by atoms with E-state index in [0.29, 0.717) is 23.4 Å². The van der Waals surface area contributed by atoms with Crippen LogP contribution in [-0.2, 0) is 5.41 Å². The minimum absolute atomic E-state index is 0.0293. The van der Waals surface area contributed by atoms with E-state index >= 15 is 0 Å². The molecular weight excluding hydrogens is 348 g/mol. The van der Waals surface area contributed by atoms with Crippen molar-refractivity contribution in [1.29, 1.82) is 5.26 Å². The Balaban J connectivity index is 1.28. The summed E-state index contributed by atoms with van der Waals surface area (Å²) in [5.41, 5.74) is 2.78. The lowest BCUT2D eigenvalue weighted by Crippen LogP contribution is -2.45. The van der Waals surface area contributed by atoms with Gasteiger partial charge in [-0.25, -0.2) is 0 Å². The highest BCUT2D eigenvalue weighted by molar-refractivity contribution is 5.56. The second kappa shape index (κ2) is 6.88. The zero-order valence-electron chi connectivity index (χ0n) is 15.6. The van der Waals surface area contributed by atoms with Gasteiger partial charge in [-0.05, 0) is 43.0 Å². The first kappa shape index (κ1) is 17.2. The molecule has 28 heavy (non-hydrogen) atoms. The highest BCUT2D eigenvalue weighted by Gasteiger charge is 2.46. The topological polar surface area (TPSA) is 74.7 Å². The highest BCUT2D eigenvalue weighted by atomic mass is 16.5. The van der Waals surface area contributed by atoms with Gasteiger partial charge < -0.3 is 9.84 Å². The van der Waals surface area contributed by atoms with Crippen molar-refractivity contribution < 1.29 is 4.52 Å². The molecule has 140 valence electrons. The average molecular weight is 370 g/mol. The fourth-order valence-corrected chi connectivity index (χ4v) is 4.18. The molecule has 2 aromatic carbocycles. The van der Waals surface area contributed by atoms with Gasteiger partial charge in [0.1, 0.15) is 0 Å². The summed E-state index contributed by atoms with van der Waals surface area (Å²) in [5, 5.41) is 17.2. The number of nitriles is 1. The van der Waals surface area contributed by atoms with E-state index in [4.69, 9.17) is 14.8 Å². The van der Waals surface area contributed by atoms with Crippen molar-refractivity contribution in [2.75, 3.05) is 6.54 Å². The largest absolute Gasteiger partial charge is 0.334 e. The van der Waals surface area contributed by atoms with Gasteiger partial charge >= 0.3 is 0 Å². The van der Waals surface area contributed by atoms with Gasteiger partial charge in [-0.2, -0.15) is 10.2 Å². The molecule has 0 saturated heterocycles. The van der Waals surface area contributed by atoms with Crippen molar-refractivity contribution in [3.05, 3.63) is 71.5 Å². The quantitative estimate of drug-likeness (QED) is 0.705. The van der Waals surface area contributed by atoms with Crippen LogP contribution < -0.4 is 5.32 Å². The Morgan fingerprint density at radius 2 is 2.00 bits per heavy atom. The van der Waals surface area contributed by atoms with Gasteiger partial charge in [0, 0.05) is 29.5 Å². The number of rotatable bonds is 6. The molecule has 2 unspecified atom stereocenters. The van der Waals surface area contributed by atoms with E-state index in [1.54, 1.807) is 12.1 Å². The van der Waals surface area contributed by atoms with Crippen LogP contribution in [0.25, 0.3) is 11.5 Å². The maximum atomic E-state index is 9.10. The van der Waals surface area contributed by atoms with Gasteiger partial charge in [-0.1, -0.05) is 48.0 Å². The van der Waals surface area contributed by atoms with Crippen LogP contribution in [0.2, 0.25) is 0 Å². The van der Waals surface area contributed by atoms with Crippen molar-refractivity contribution in [3.8, 4) is 17.5 Å². The molecule has 2 saturated carbocycles. The number of hydrogen-bond donors (Lipinski definition) is 1. The fourth-order valence-electron chi connectivity index (χ4n) is 4.18. The third-order valence-corrected chi connectivity index (χ3v) is 6.17. The van der Waals surface area contributed by atoms with Crippen LogP contribution in [0, 0.1) is 11.3 Å². The van der Waals surface area contributed by atoms with E-state index in [0.717, 1.165) is 30.8 Å². The van der Waals surface area contributed by atoms with Gasteiger partial charge in [0.05, 0.1) is 11.6 Å². The van der Waals surface area contributed by atoms with Crippen LogP contribution in [0.3, 0.4) is 0 Å². The number of nitrogens with zero attached hydrogens (tertiary/aromatic N) is 3. The van der Waals surface area contributed by atoms with Gasteiger partial charge in [0.15, 0.2) is 5.82 Å². The standard InChI is InChI=1S/C23H22N4O/c24-14-16-6-4-9-18(12-16)21-26-22(27-28-21)23(10-5-11-23)15-25-20-13-19(20)17-7-2-1-3-8-17/h1-4,6-9,12,19-20,25H,5,10-11,13,15H2. The van der Waals surface area contributed by atoms with Crippen LogP contribution in [0.15, 0.2) is 59.1 Å². The minimum Gasteiger partial charge on any atom is -0.334 e. The Bertz CT molecular complexity index is 1020. The van der Waals surface area contributed by atoms with Crippen molar-refractivity contribution >= 4 is 0 Å². The summed E-state index contributed by atoms with van der Waals surface area (Å²) in [6.07, 6.45) is 4.56. The Morgan fingerprint density at radius 3 is 2.75 bits per heavy atom. The maximum Gasteiger partial charge on any atom is 0.257 e. The molecule has 1 aromatic heterocycles. The Hall–Kier alpha value is -2.97. The molecule has 1 N–H and O–H groups in total. The molecule has 2 aliphatic rings. The first-order valence-electron chi connectivity index (χ1n) is 9.90. The molecule has 0 bridgehead atoms. The van der Waals surface area contributed by atoms with E-state index in [1.165, 1.54) is 18.4 Å². The Morgan fingerprint density at radius 1 is 1.14 bits per heavy atom. The van der Waals surface area contributed by atoms with E-state index in [9.17, 15) is 0 Å².